The summed E-state index contributed by atoms with van der Waals surface area (Å²) in [6.07, 6.45) is 8.19. The molecule has 2 aromatic rings. The first-order valence-corrected chi connectivity index (χ1v) is 13.1. The van der Waals surface area contributed by atoms with E-state index in [1.165, 1.54) is 17.1 Å². The Bertz CT molecular complexity index is 1030. The van der Waals surface area contributed by atoms with Crippen LogP contribution in [0.4, 0.5) is 0 Å². The smallest absolute Gasteiger partial charge is 0.243 e. The fourth-order valence-corrected chi connectivity index (χ4v) is 6.27. The molecule has 32 heavy (non-hydrogen) atoms. The van der Waals surface area contributed by atoms with Crippen LogP contribution in [0, 0.1) is 5.92 Å². The molecule has 1 amide bonds. The minimum atomic E-state index is -3.71. The number of amides is 1. The van der Waals surface area contributed by atoms with Gasteiger partial charge in [-0.25, -0.2) is 13.1 Å². The van der Waals surface area contributed by atoms with Crippen molar-refractivity contribution >= 4 is 27.0 Å². The topological polar surface area (TPSA) is 106 Å². The lowest BCUT2D eigenvalue weighted by Crippen LogP contribution is -2.47. The van der Waals surface area contributed by atoms with Crippen molar-refractivity contribution in [1.82, 2.24) is 24.6 Å². The second kappa shape index (κ2) is 10.3. The molecule has 0 spiro atoms. The van der Waals surface area contributed by atoms with Gasteiger partial charge in [0.05, 0.1) is 29.5 Å². The van der Waals surface area contributed by atoms with Crippen LogP contribution in [0.25, 0.3) is 11.0 Å². The van der Waals surface area contributed by atoms with Crippen LogP contribution in [0.15, 0.2) is 23.1 Å². The predicted octanol–water partition coefficient (Wildman–Crippen LogP) is 2.32. The number of fused-ring (bicyclic) bond motifs is 1. The van der Waals surface area contributed by atoms with E-state index >= 15 is 0 Å². The van der Waals surface area contributed by atoms with Gasteiger partial charge >= 0.3 is 0 Å². The molecule has 9 nitrogen and oxygen atoms in total. The summed E-state index contributed by atoms with van der Waals surface area (Å²) in [5.74, 6) is -0.311. The van der Waals surface area contributed by atoms with Crippen molar-refractivity contribution in [3.05, 3.63) is 18.2 Å². The average Bonchev–Trinajstić information content (AvgIpc) is 3.03. The molecule has 0 unspecified atom stereocenters. The molecule has 2 fully saturated rings. The van der Waals surface area contributed by atoms with E-state index in [1.807, 2.05) is 0 Å². The molecule has 1 saturated carbocycles. The quantitative estimate of drug-likeness (QED) is 0.632. The molecule has 176 valence electrons. The Labute approximate surface area is 189 Å². The normalized spacial score (nSPS) is 21.5. The molecule has 1 aliphatic heterocycles. The van der Waals surface area contributed by atoms with E-state index in [1.54, 1.807) is 30.0 Å². The fourth-order valence-electron chi connectivity index (χ4n) is 4.72. The molecular weight excluding hydrogens is 430 g/mol. The summed E-state index contributed by atoms with van der Waals surface area (Å²) >= 11 is 0. The lowest BCUT2D eigenvalue weighted by atomic mass is 9.97. The minimum absolute atomic E-state index is 0.00617. The van der Waals surface area contributed by atoms with Gasteiger partial charge in [-0.15, -0.1) is 5.10 Å². The first-order valence-electron chi connectivity index (χ1n) is 11.6. The number of piperidine rings is 1. The summed E-state index contributed by atoms with van der Waals surface area (Å²) in [4.78, 5) is 13.1. The van der Waals surface area contributed by atoms with Crippen LogP contribution < -0.4 is 5.32 Å². The molecule has 2 aliphatic rings. The standard InChI is InChI=1S/C22H33N5O4S/c1-31-14-13-27-21-11-10-19(15-20(21)24-25-27)32(29,30)26-12-6-7-17(16-26)22(28)23-18-8-4-2-3-5-9-18/h10-11,15,17-18H,2-9,12-14,16H2,1H3,(H,23,28)/t17-/m1/s1. The molecule has 0 radical (unpaired) electrons. The van der Waals surface area contributed by atoms with E-state index in [4.69, 9.17) is 4.74 Å². The van der Waals surface area contributed by atoms with Crippen molar-refractivity contribution in [2.75, 3.05) is 26.8 Å². The molecule has 1 aromatic carbocycles. The largest absolute Gasteiger partial charge is 0.383 e. The van der Waals surface area contributed by atoms with Crippen molar-refractivity contribution < 1.29 is 17.9 Å². The third-order valence-electron chi connectivity index (χ3n) is 6.59. The number of methoxy groups -OCH3 is 1. The van der Waals surface area contributed by atoms with E-state index in [9.17, 15) is 13.2 Å². The first-order chi connectivity index (χ1) is 15.5. The van der Waals surface area contributed by atoms with E-state index in [0.717, 1.165) is 37.6 Å². The summed E-state index contributed by atoms with van der Waals surface area (Å²) in [7, 11) is -2.10. The highest BCUT2D eigenvalue weighted by Gasteiger charge is 2.34. The zero-order chi connectivity index (χ0) is 22.6. The second-order valence-corrected chi connectivity index (χ2v) is 10.8. The Morgan fingerprint density at radius 3 is 2.69 bits per heavy atom. The molecule has 10 heteroatoms. The summed E-state index contributed by atoms with van der Waals surface area (Å²) < 4.78 is 34.9. The molecule has 1 aliphatic carbocycles. The Kier molecular flexibility index (Phi) is 7.42. The number of aromatic nitrogens is 3. The van der Waals surface area contributed by atoms with E-state index in [2.05, 4.69) is 15.6 Å². The van der Waals surface area contributed by atoms with Gasteiger partial charge in [0.15, 0.2) is 0 Å². The number of benzene rings is 1. The van der Waals surface area contributed by atoms with E-state index in [-0.39, 0.29) is 29.3 Å². The number of sulfonamides is 1. The Morgan fingerprint density at radius 1 is 1.16 bits per heavy atom. The van der Waals surface area contributed by atoms with Crippen LogP contribution in [-0.4, -0.2) is 66.5 Å². The molecule has 4 rings (SSSR count). The van der Waals surface area contributed by atoms with Crippen molar-refractivity contribution in [3.8, 4) is 0 Å². The van der Waals surface area contributed by atoms with Crippen molar-refractivity contribution in [3.63, 3.8) is 0 Å². The summed E-state index contributed by atoms with van der Waals surface area (Å²) in [6, 6.07) is 5.12. The minimum Gasteiger partial charge on any atom is -0.383 e. The number of rotatable bonds is 7. The van der Waals surface area contributed by atoms with Gasteiger partial charge in [0.25, 0.3) is 0 Å². The number of hydrogen-bond donors (Lipinski definition) is 1. The molecule has 1 atom stereocenters. The van der Waals surface area contributed by atoms with Crippen molar-refractivity contribution in [2.45, 2.75) is 68.8 Å². The fraction of sp³-hybridized carbons (Fsp3) is 0.682. The van der Waals surface area contributed by atoms with Gasteiger partial charge in [-0.2, -0.15) is 4.31 Å². The van der Waals surface area contributed by atoms with Crippen molar-refractivity contribution in [2.24, 2.45) is 5.92 Å². The zero-order valence-electron chi connectivity index (χ0n) is 18.7. The Hall–Kier alpha value is -2.04. The number of carbonyl (C=O) groups is 1. The molecule has 2 heterocycles. The number of hydrogen-bond acceptors (Lipinski definition) is 6. The highest BCUT2D eigenvalue weighted by Crippen LogP contribution is 2.26. The molecular formula is C22H33N5O4S. The Balaban J connectivity index is 1.45. The van der Waals surface area contributed by atoms with Crippen LogP contribution in [0.1, 0.15) is 51.4 Å². The van der Waals surface area contributed by atoms with Gasteiger partial charge in [0.2, 0.25) is 15.9 Å². The third kappa shape index (κ3) is 5.13. The van der Waals surface area contributed by atoms with Crippen LogP contribution in [0.5, 0.6) is 0 Å². The second-order valence-electron chi connectivity index (χ2n) is 8.86. The number of carbonyl (C=O) groups excluding carboxylic acids is 1. The number of nitrogens with zero attached hydrogens (tertiary/aromatic N) is 4. The highest BCUT2D eigenvalue weighted by molar-refractivity contribution is 7.89. The predicted molar refractivity (Wildman–Crippen MR) is 121 cm³/mol. The maximum absolute atomic E-state index is 13.3. The summed E-state index contributed by atoms with van der Waals surface area (Å²) in [6.45, 7) is 1.69. The SMILES string of the molecule is COCCn1nnc2cc(S(=O)(=O)N3CCC[C@@H](C(=O)NC4CCCCCC4)C3)ccc21. The first kappa shape index (κ1) is 23.1. The van der Waals surface area contributed by atoms with Gasteiger partial charge in [0, 0.05) is 26.2 Å². The van der Waals surface area contributed by atoms with Crippen LogP contribution in [0.3, 0.4) is 0 Å². The van der Waals surface area contributed by atoms with Crippen LogP contribution >= 0.6 is 0 Å². The maximum Gasteiger partial charge on any atom is 0.243 e. The van der Waals surface area contributed by atoms with Gasteiger partial charge in [-0.3, -0.25) is 4.79 Å². The number of nitrogens with one attached hydrogen (secondary N) is 1. The van der Waals surface area contributed by atoms with Gasteiger partial charge in [-0.1, -0.05) is 30.9 Å². The maximum atomic E-state index is 13.3. The van der Waals surface area contributed by atoms with Crippen LogP contribution in [-0.2, 0) is 26.1 Å². The lowest BCUT2D eigenvalue weighted by Gasteiger charge is -2.32. The highest BCUT2D eigenvalue weighted by atomic mass is 32.2. The van der Waals surface area contributed by atoms with Crippen molar-refractivity contribution in [1.29, 1.82) is 0 Å². The molecule has 1 aromatic heterocycles. The van der Waals surface area contributed by atoms with E-state index in [0.29, 0.717) is 31.6 Å². The van der Waals surface area contributed by atoms with Crippen LogP contribution in [0.2, 0.25) is 0 Å². The van der Waals surface area contributed by atoms with Gasteiger partial charge < -0.3 is 10.1 Å². The molecule has 0 bridgehead atoms. The summed E-state index contributed by atoms with van der Waals surface area (Å²) in [5.41, 5.74) is 1.29. The van der Waals surface area contributed by atoms with Gasteiger partial charge in [0.1, 0.15) is 5.52 Å². The van der Waals surface area contributed by atoms with Gasteiger partial charge in [-0.05, 0) is 43.9 Å². The number of ether oxygens (including phenoxy) is 1. The monoisotopic (exact) mass is 463 g/mol. The zero-order valence-corrected chi connectivity index (χ0v) is 19.5. The molecule has 1 N–H and O–H groups in total. The average molecular weight is 464 g/mol. The Morgan fingerprint density at radius 2 is 1.94 bits per heavy atom. The third-order valence-corrected chi connectivity index (χ3v) is 8.45. The van der Waals surface area contributed by atoms with E-state index < -0.39 is 10.0 Å². The lowest BCUT2D eigenvalue weighted by molar-refractivity contribution is -0.126. The summed E-state index contributed by atoms with van der Waals surface area (Å²) in [5, 5.41) is 11.4. The molecule has 1 saturated heterocycles.